The standard InChI is InChI=1S/C16H15F3N2O3/c17-16(18,19)10-3-1-2-8(4-10)12-6-11-13(23)5-9(7-22)15(24)14(11)21-20-12/h1-4,6,9,13,15,22-24H,5,7H2. The molecule has 0 aliphatic heterocycles. The molecule has 1 heterocycles. The number of alkyl halides is 3. The lowest BCUT2D eigenvalue weighted by Gasteiger charge is -2.30. The highest BCUT2D eigenvalue weighted by Crippen LogP contribution is 2.40. The van der Waals surface area contributed by atoms with Gasteiger partial charge in [0, 0.05) is 23.7 Å². The minimum Gasteiger partial charge on any atom is -0.396 e. The summed E-state index contributed by atoms with van der Waals surface area (Å²) in [6.45, 7) is -0.311. The Hall–Kier alpha value is -2.03. The number of nitrogens with zero attached hydrogens (tertiary/aromatic N) is 2. The van der Waals surface area contributed by atoms with Crippen molar-refractivity contribution in [2.45, 2.75) is 24.8 Å². The number of halogens is 3. The smallest absolute Gasteiger partial charge is 0.396 e. The van der Waals surface area contributed by atoms with E-state index in [1.54, 1.807) is 0 Å². The Morgan fingerprint density at radius 1 is 1.12 bits per heavy atom. The largest absolute Gasteiger partial charge is 0.416 e. The highest BCUT2D eigenvalue weighted by atomic mass is 19.4. The fourth-order valence-electron chi connectivity index (χ4n) is 2.85. The van der Waals surface area contributed by atoms with Crippen LogP contribution in [0.25, 0.3) is 11.3 Å². The van der Waals surface area contributed by atoms with E-state index in [1.165, 1.54) is 18.2 Å². The Morgan fingerprint density at radius 2 is 1.88 bits per heavy atom. The second-order valence-corrected chi connectivity index (χ2v) is 5.79. The first-order chi connectivity index (χ1) is 11.3. The van der Waals surface area contributed by atoms with E-state index in [1.807, 2.05) is 0 Å². The van der Waals surface area contributed by atoms with E-state index < -0.39 is 29.9 Å². The van der Waals surface area contributed by atoms with Crippen molar-refractivity contribution >= 4 is 0 Å². The predicted octanol–water partition coefficient (Wildman–Crippen LogP) is 2.24. The summed E-state index contributed by atoms with van der Waals surface area (Å²) in [5, 5.41) is 37.2. The maximum atomic E-state index is 12.8. The summed E-state index contributed by atoms with van der Waals surface area (Å²) in [5.74, 6) is -0.554. The minimum absolute atomic E-state index is 0.137. The van der Waals surface area contributed by atoms with Gasteiger partial charge in [-0.25, -0.2) is 0 Å². The molecule has 1 aliphatic carbocycles. The number of hydrogen-bond acceptors (Lipinski definition) is 5. The molecule has 5 nitrogen and oxygen atoms in total. The molecule has 0 saturated carbocycles. The van der Waals surface area contributed by atoms with Crippen molar-refractivity contribution in [1.29, 1.82) is 0 Å². The van der Waals surface area contributed by atoms with Crippen molar-refractivity contribution in [3.63, 3.8) is 0 Å². The van der Waals surface area contributed by atoms with Crippen LogP contribution in [0.3, 0.4) is 0 Å². The molecule has 3 unspecified atom stereocenters. The van der Waals surface area contributed by atoms with Crippen LogP contribution in [0, 0.1) is 5.92 Å². The second kappa shape index (κ2) is 6.12. The third-order valence-corrected chi connectivity index (χ3v) is 4.19. The monoisotopic (exact) mass is 340 g/mol. The summed E-state index contributed by atoms with van der Waals surface area (Å²) in [5.41, 5.74) is 0.0400. The maximum Gasteiger partial charge on any atom is 0.416 e. The topological polar surface area (TPSA) is 86.5 Å². The van der Waals surface area contributed by atoms with Gasteiger partial charge in [-0.2, -0.15) is 23.4 Å². The number of hydrogen-bond donors (Lipinski definition) is 3. The predicted molar refractivity (Wildman–Crippen MR) is 77.6 cm³/mol. The molecule has 0 radical (unpaired) electrons. The Kier molecular flexibility index (Phi) is 4.29. The van der Waals surface area contributed by atoms with Crippen LogP contribution in [0.4, 0.5) is 13.2 Å². The molecule has 0 fully saturated rings. The molecule has 0 spiro atoms. The van der Waals surface area contributed by atoms with Gasteiger partial charge in [-0.1, -0.05) is 12.1 Å². The lowest BCUT2D eigenvalue weighted by atomic mass is 9.83. The Labute approximate surface area is 135 Å². The van der Waals surface area contributed by atoms with Crippen molar-refractivity contribution in [2.75, 3.05) is 6.61 Å². The van der Waals surface area contributed by atoms with Gasteiger partial charge >= 0.3 is 6.18 Å². The third kappa shape index (κ3) is 3.00. The number of aliphatic hydroxyl groups excluding tert-OH is 3. The van der Waals surface area contributed by atoms with Crippen molar-refractivity contribution in [1.82, 2.24) is 10.2 Å². The summed E-state index contributed by atoms with van der Waals surface area (Å²) >= 11 is 0. The summed E-state index contributed by atoms with van der Waals surface area (Å²) in [4.78, 5) is 0. The zero-order chi connectivity index (χ0) is 17.5. The van der Waals surface area contributed by atoms with Crippen molar-refractivity contribution in [3.05, 3.63) is 47.2 Å². The van der Waals surface area contributed by atoms with Crippen LogP contribution >= 0.6 is 0 Å². The van der Waals surface area contributed by atoms with Crippen LogP contribution in [0.15, 0.2) is 30.3 Å². The zero-order valence-electron chi connectivity index (χ0n) is 12.4. The highest BCUT2D eigenvalue weighted by molar-refractivity contribution is 5.61. The van der Waals surface area contributed by atoms with Gasteiger partial charge < -0.3 is 15.3 Å². The molecular weight excluding hydrogens is 325 g/mol. The number of aliphatic hydroxyl groups is 3. The first kappa shape index (κ1) is 16.8. The minimum atomic E-state index is -4.47. The van der Waals surface area contributed by atoms with Gasteiger partial charge in [0.05, 0.1) is 23.1 Å². The van der Waals surface area contributed by atoms with E-state index in [4.69, 9.17) is 0 Å². The van der Waals surface area contributed by atoms with Gasteiger partial charge in [-0.05, 0) is 24.6 Å². The molecule has 0 bridgehead atoms. The van der Waals surface area contributed by atoms with Crippen molar-refractivity contribution < 1.29 is 28.5 Å². The van der Waals surface area contributed by atoms with E-state index in [9.17, 15) is 28.5 Å². The van der Waals surface area contributed by atoms with Gasteiger partial charge in [-0.3, -0.25) is 0 Å². The van der Waals surface area contributed by atoms with Gasteiger partial charge in [-0.15, -0.1) is 0 Å². The van der Waals surface area contributed by atoms with Crippen LogP contribution in [0.5, 0.6) is 0 Å². The molecule has 2 aromatic rings. The number of aromatic nitrogens is 2. The summed E-state index contributed by atoms with van der Waals surface area (Å²) in [6.07, 6.45) is -6.38. The van der Waals surface area contributed by atoms with Crippen LogP contribution in [-0.2, 0) is 6.18 Å². The first-order valence-corrected chi connectivity index (χ1v) is 7.33. The molecule has 1 aromatic carbocycles. The van der Waals surface area contributed by atoms with E-state index in [0.29, 0.717) is 5.56 Å². The lowest BCUT2D eigenvalue weighted by molar-refractivity contribution is -0.137. The molecule has 0 saturated heterocycles. The van der Waals surface area contributed by atoms with Crippen LogP contribution < -0.4 is 0 Å². The fourth-order valence-corrected chi connectivity index (χ4v) is 2.85. The molecule has 3 N–H and O–H groups in total. The summed E-state index contributed by atoms with van der Waals surface area (Å²) < 4.78 is 38.5. The maximum absolute atomic E-state index is 12.8. The summed E-state index contributed by atoms with van der Waals surface area (Å²) in [7, 11) is 0. The van der Waals surface area contributed by atoms with Crippen molar-refractivity contribution in [3.8, 4) is 11.3 Å². The number of fused-ring (bicyclic) bond motifs is 1. The Balaban J connectivity index is 2.02. The molecule has 128 valence electrons. The molecule has 24 heavy (non-hydrogen) atoms. The number of rotatable bonds is 2. The zero-order valence-corrected chi connectivity index (χ0v) is 12.4. The quantitative estimate of drug-likeness (QED) is 0.781. The average Bonchev–Trinajstić information content (AvgIpc) is 2.57. The molecule has 1 aromatic heterocycles. The molecule has 3 rings (SSSR count). The van der Waals surface area contributed by atoms with Gasteiger partial charge in [0.15, 0.2) is 0 Å². The fraction of sp³-hybridized carbons (Fsp3) is 0.375. The molecule has 8 heteroatoms. The van der Waals surface area contributed by atoms with Gasteiger partial charge in [0.25, 0.3) is 0 Å². The highest BCUT2D eigenvalue weighted by Gasteiger charge is 2.35. The first-order valence-electron chi connectivity index (χ1n) is 7.33. The van der Waals surface area contributed by atoms with E-state index in [2.05, 4.69) is 10.2 Å². The van der Waals surface area contributed by atoms with Crippen molar-refractivity contribution in [2.24, 2.45) is 5.92 Å². The van der Waals surface area contributed by atoms with E-state index in [0.717, 1.165) is 12.1 Å². The SMILES string of the molecule is OCC1CC(O)c2cc(-c3cccc(C(F)(F)F)c3)nnc2C1O. The van der Waals surface area contributed by atoms with Gasteiger partial charge in [0.2, 0.25) is 0 Å². The van der Waals surface area contributed by atoms with E-state index in [-0.39, 0.29) is 30.0 Å². The molecule has 3 atom stereocenters. The third-order valence-electron chi connectivity index (χ3n) is 4.19. The van der Waals surface area contributed by atoms with Crippen LogP contribution in [0.1, 0.15) is 35.4 Å². The number of benzene rings is 1. The van der Waals surface area contributed by atoms with Crippen LogP contribution in [-0.4, -0.2) is 32.1 Å². The molecular formula is C16H15F3N2O3. The second-order valence-electron chi connectivity index (χ2n) is 5.79. The average molecular weight is 340 g/mol. The lowest BCUT2D eigenvalue weighted by Crippen LogP contribution is -2.27. The Morgan fingerprint density at radius 3 is 2.54 bits per heavy atom. The Bertz CT molecular complexity index is 752. The normalized spacial score (nSPS) is 23.8. The van der Waals surface area contributed by atoms with E-state index >= 15 is 0 Å². The summed E-state index contributed by atoms with van der Waals surface area (Å²) in [6, 6.07) is 6.08. The molecule has 1 aliphatic rings. The van der Waals surface area contributed by atoms with Crippen LogP contribution in [0.2, 0.25) is 0 Å². The molecule has 0 amide bonds. The van der Waals surface area contributed by atoms with Gasteiger partial charge in [0.1, 0.15) is 6.10 Å².